The van der Waals surface area contributed by atoms with Crippen molar-refractivity contribution in [3.63, 3.8) is 0 Å². The number of hydrogen-bond donors (Lipinski definition) is 1. The molecular weight excluding hydrogens is 212 g/mol. The van der Waals surface area contributed by atoms with E-state index in [1.807, 2.05) is 31.2 Å². The molecule has 1 aromatic carbocycles. The molecule has 1 N–H and O–H groups in total. The van der Waals surface area contributed by atoms with Crippen molar-refractivity contribution >= 4 is 11.6 Å². The van der Waals surface area contributed by atoms with Crippen molar-refractivity contribution in [2.24, 2.45) is 0 Å². The maximum absolute atomic E-state index is 5.75. The lowest BCUT2D eigenvalue weighted by Crippen LogP contribution is -1.90. The number of aromatic nitrogens is 2. The smallest absolute Gasteiger partial charge is 0.138 e. The summed E-state index contributed by atoms with van der Waals surface area (Å²) < 4.78 is 5.35. The molecule has 2 aromatic rings. The molecule has 15 heavy (non-hydrogen) atoms. The summed E-state index contributed by atoms with van der Waals surface area (Å²) >= 11 is 5.75. The van der Waals surface area contributed by atoms with Gasteiger partial charge in [0.1, 0.15) is 16.7 Å². The third-order valence-electron chi connectivity index (χ3n) is 1.98. The van der Waals surface area contributed by atoms with Crippen LogP contribution in [0, 0.1) is 0 Å². The first kappa shape index (κ1) is 10.1. The van der Waals surface area contributed by atoms with Crippen LogP contribution >= 0.6 is 11.6 Å². The van der Waals surface area contributed by atoms with Gasteiger partial charge in [-0.25, -0.2) is 4.98 Å². The Hall–Kier alpha value is -1.48. The Morgan fingerprint density at radius 2 is 2.07 bits per heavy atom. The average Bonchev–Trinajstić information content (AvgIpc) is 2.67. The van der Waals surface area contributed by atoms with Crippen molar-refractivity contribution < 1.29 is 4.74 Å². The van der Waals surface area contributed by atoms with Crippen LogP contribution in [0.3, 0.4) is 0 Å². The van der Waals surface area contributed by atoms with Crippen molar-refractivity contribution in [2.45, 2.75) is 6.92 Å². The number of H-pyrrole nitrogens is 1. The fourth-order valence-electron chi connectivity index (χ4n) is 1.32. The maximum Gasteiger partial charge on any atom is 0.138 e. The van der Waals surface area contributed by atoms with Gasteiger partial charge in [0.25, 0.3) is 0 Å². The lowest BCUT2D eigenvalue weighted by Gasteiger charge is -2.02. The van der Waals surface area contributed by atoms with E-state index in [-0.39, 0.29) is 0 Å². The number of imidazole rings is 1. The predicted octanol–water partition coefficient (Wildman–Crippen LogP) is 3.13. The molecule has 0 bridgehead atoms. The minimum Gasteiger partial charge on any atom is -0.494 e. The molecule has 0 atom stereocenters. The molecule has 2 rings (SSSR count). The third kappa shape index (κ3) is 2.30. The quantitative estimate of drug-likeness (QED) is 0.867. The summed E-state index contributed by atoms with van der Waals surface area (Å²) in [5.41, 5.74) is 0.991. The van der Waals surface area contributed by atoms with Crippen LogP contribution in [0.5, 0.6) is 5.75 Å². The van der Waals surface area contributed by atoms with Crippen molar-refractivity contribution in [3.8, 4) is 17.1 Å². The van der Waals surface area contributed by atoms with E-state index in [1.165, 1.54) is 0 Å². The van der Waals surface area contributed by atoms with Crippen molar-refractivity contribution in [2.75, 3.05) is 6.61 Å². The normalized spacial score (nSPS) is 10.3. The first-order chi connectivity index (χ1) is 7.29. The summed E-state index contributed by atoms with van der Waals surface area (Å²) in [5, 5.41) is 0.541. The zero-order valence-electron chi connectivity index (χ0n) is 8.33. The van der Waals surface area contributed by atoms with Crippen LogP contribution in [0.25, 0.3) is 11.4 Å². The average molecular weight is 223 g/mol. The Balaban J connectivity index is 2.23. The first-order valence-electron chi connectivity index (χ1n) is 4.73. The Labute approximate surface area is 93.1 Å². The van der Waals surface area contributed by atoms with Crippen molar-refractivity contribution in [1.29, 1.82) is 0 Å². The predicted molar refractivity (Wildman–Crippen MR) is 60.2 cm³/mol. The Bertz CT molecular complexity index is 436. The number of aromatic amines is 1. The molecule has 78 valence electrons. The van der Waals surface area contributed by atoms with E-state index in [4.69, 9.17) is 16.3 Å². The second-order valence-corrected chi connectivity index (χ2v) is 3.44. The van der Waals surface area contributed by atoms with E-state index in [9.17, 15) is 0 Å². The summed E-state index contributed by atoms with van der Waals surface area (Å²) in [6.07, 6.45) is 1.59. The second-order valence-electron chi connectivity index (χ2n) is 3.04. The van der Waals surface area contributed by atoms with Gasteiger partial charge in [-0.1, -0.05) is 11.6 Å². The third-order valence-corrected chi connectivity index (χ3v) is 2.18. The van der Waals surface area contributed by atoms with Gasteiger partial charge in [0.15, 0.2) is 0 Å². The van der Waals surface area contributed by atoms with Gasteiger partial charge in [0.2, 0.25) is 0 Å². The molecule has 0 fully saturated rings. The van der Waals surface area contributed by atoms with Gasteiger partial charge in [-0.05, 0) is 31.2 Å². The van der Waals surface area contributed by atoms with E-state index < -0.39 is 0 Å². The maximum atomic E-state index is 5.75. The van der Waals surface area contributed by atoms with Crippen LogP contribution in [0.15, 0.2) is 30.5 Å². The van der Waals surface area contributed by atoms with Gasteiger partial charge in [-0.15, -0.1) is 0 Å². The van der Waals surface area contributed by atoms with E-state index in [2.05, 4.69) is 9.97 Å². The van der Waals surface area contributed by atoms with Crippen LogP contribution < -0.4 is 4.74 Å². The van der Waals surface area contributed by atoms with Crippen LogP contribution in [0.4, 0.5) is 0 Å². The highest BCUT2D eigenvalue weighted by molar-refractivity contribution is 6.29. The number of nitrogens with one attached hydrogen (secondary N) is 1. The van der Waals surface area contributed by atoms with Gasteiger partial charge < -0.3 is 9.72 Å². The summed E-state index contributed by atoms with van der Waals surface area (Å²) in [6, 6.07) is 7.71. The summed E-state index contributed by atoms with van der Waals surface area (Å²) in [6.45, 7) is 2.63. The summed E-state index contributed by atoms with van der Waals surface area (Å²) in [4.78, 5) is 7.09. The number of ether oxygens (including phenoxy) is 1. The highest BCUT2D eigenvalue weighted by Gasteiger charge is 2.01. The van der Waals surface area contributed by atoms with Gasteiger partial charge in [-0.2, -0.15) is 0 Å². The van der Waals surface area contributed by atoms with Crippen LogP contribution in [0.2, 0.25) is 5.15 Å². The second kappa shape index (κ2) is 4.36. The summed E-state index contributed by atoms with van der Waals surface area (Å²) in [7, 11) is 0. The van der Waals surface area contributed by atoms with Crippen molar-refractivity contribution in [3.05, 3.63) is 35.6 Å². The Kier molecular flexibility index (Phi) is 2.92. The molecule has 0 aliphatic heterocycles. The van der Waals surface area contributed by atoms with E-state index >= 15 is 0 Å². The van der Waals surface area contributed by atoms with Gasteiger partial charge in [0.05, 0.1) is 12.8 Å². The standard InChI is InChI=1S/C11H11ClN2O/c1-2-15-9-5-3-8(4-6-9)11-13-7-10(12)14-11/h3-7H,2H2,1H3,(H,13,14). The fraction of sp³-hybridized carbons (Fsp3) is 0.182. The molecule has 1 aromatic heterocycles. The van der Waals surface area contributed by atoms with Gasteiger partial charge >= 0.3 is 0 Å². The van der Waals surface area contributed by atoms with E-state index in [1.54, 1.807) is 6.20 Å². The first-order valence-corrected chi connectivity index (χ1v) is 5.11. The lowest BCUT2D eigenvalue weighted by molar-refractivity contribution is 0.340. The molecule has 0 aliphatic rings. The minimum atomic E-state index is 0.541. The SMILES string of the molecule is CCOc1ccc(-c2ncc(Cl)[nH]2)cc1. The number of nitrogens with zero attached hydrogens (tertiary/aromatic N) is 1. The molecule has 0 amide bonds. The molecular formula is C11H11ClN2O. The Morgan fingerprint density at radius 1 is 1.33 bits per heavy atom. The highest BCUT2D eigenvalue weighted by Crippen LogP contribution is 2.20. The molecule has 0 saturated carbocycles. The van der Waals surface area contributed by atoms with Crippen LogP contribution in [0.1, 0.15) is 6.92 Å². The molecule has 0 spiro atoms. The zero-order valence-corrected chi connectivity index (χ0v) is 9.08. The Morgan fingerprint density at radius 3 is 2.60 bits per heavy atom. The zero-order chi connectivity index (χ0) is 10.7. The molecule has 0 unspecified atom stereocenters. The topological polar surface area (TPSA) is 37.9 Å². The monoisotopic (exact) mass is 222 g/mol. The molecule has 1 heterocycles. The molecule has 3 nitrogen and oxygen atoms in total. The minimum absolute atomic E-state index is 0.541. The van der Waals surface area contributed by atoms with Gasteiger partial charge in [-0.3, -0.25) is 0 Å². The van der Waals surface area contributed by atoms with Crippen molar-refractivity contribution in [1.82, 2.24) is 9.97 Å². The molecule has 0 saturated heterocycles. The van der Waals surface area contributed by atoms with E-state index in [0.717, 1.165) is 17.1 Å². The molecule has 0 radical (unpaired) electrons. The molecule has 0 aliphatic carbocycles. The lowest BCUT2D eigenvalue weighted by atomic mass is 10.2. The van der Waals surface area contributed by atoms with Crippen LogP contribution in [-0.2, 0) is 0 Å². The number of benzene rings is 1. The number of rotatable bonds is 3. The highest BCUT2D eigenvalue weighted by atomic mass is 35.5. The number of hydrogen-bond acceptors (Lipinski definition) is 2. The number of halogens is 1. The largest absolute Gasteiger partial charge is 0.494 e. The molecule has 4 heteroatoms. The summed E-state index contributed by atoms with van der Waals surface area (Å²) in [5.74, 6) is 1.63. The van der Waals surface area contributed by atoms with Crippen LogP contribution in [-0.4, -0.2) is 16.6 Å². The van der Waals surface area contributed by atoms with Gasteiger partial charge in [0, 0.05) is 5.56 Å². The fourth-order valence-corrected chi connectivity index (χ4v) is 1.46. The van der Waals surface area contributed by atoms with E-state index in [0.29, 0.717) is 11.8 Å².